The van der Waals surface area contributed by atoms with Crippen LogP contribution in [-0.2, 0) is 4.74 Å². The van der Waals surface area contributed by atoms with E-state index in [1.54, 1.807) is 49.5 Å². The Bertz CT molecular complexity index is 1410. The molecule has 0 aliphatic carbocycles. The third-order valence-corrected chi connectivity index (χ3v) is 6.37. The molecule has 0 bridgehead atoms. The number of hydrogen-bond donors (Lipinski definition) is 0. The quantitative estimate of drug-likeness (QED) is 0.412. The van der Waals surface area contributed by atoms with Crippen LogP contribution in [0.2, 0.25) is 0 Å². The number of ether oxygens (including phenoxy) is 2. The predicted molar refractivity (Wildman–Crippen MR) is 134 cm³/mol. The summed E-state index contributed by atoms with van der Waals surface area (Å²) in [6.45, 7) is 5.68. The van der Waals surface area contributed by atoms with Crippen LogP contribution in [0.1, 0.15) is 13.8 Å². The van der Waals surface area contributed by atoms with E-state index in [1.165, 1.54) is 12.4 Å². The van der Waals surface area contributed by atoms with Crippen LogP contribution in [0.25, 0.3) is 27.8 Å². The van der Waals surface area contributed by atoms with Gasteiger partial charge in [0.1, 0.15) is 23.7 Å². The number of nitrogens with zero attached hydrogens (tertiary/aromatic N) is 6. The molecule has 0 unspecified atom stereocenters. The monoisotopic (exact) mass is 490 g/mol. The van der Waals surface area contributed by atoms with Gasteiger partial charge in [-0.3, -0.25) is 9.55 Å². The molecule has 186 valence electrons. The van der Waals surface area contributed by atoms with E-state index >= 15 is 4.39 Å². The molecule has 4 heterocycles. The van der Waals surface area contributed by atoms with Crippen LogP contribution in [0.3, 0.4) is 0 Å². The highest BCUT2D eigenvalue weighted by atomic mass is 19.1. The van der Waals surface area contributed by atoms with Crippen molar-refractivity contribution >= 4 is 22.9 Å². The van der Waals surface area contributed by atoms with Crippen molar-refractivity contribution in [3.63, 3.8) is 0 Å². The number of methoxy groups -OCH3 is 1. The van der Waals surface area contributed by atoms with E-state index in [9.17, 15) is 4.79 Å². The van der Waals surface area contributed by atoms with Gasteiger partial charge in [0.25, 0.3) is 0 Å². The summed E-state index contributed by atoms with van der Waals surface area (Å²) in [5.41, 5.74) is 2.47. The molecule has 1 amide bonds. The minimum atomic E-state index is -0.338. The summed E-state index contributed by atoms with van der Waals surface area (Å²) in [6.07, 6.45) is 6.38. The fraction of sp³-hybridized carbons (Fsp3) is 0.308. The Balaban J connectivity index is 1.66. The highest BCUT2D eigenvalue weighted by Gasteiger charge is 2.31. The molecule has 0 spiro atoms. The fourth-order valence-corrected chi connectivity index (χ4v) is 4.65. The van der Waals surface area contributed by atoms with Crippen molar-refractivity contribution in [2.75, 3.05) is 38.3 Å². The summed E-state index contributed by atoms with van der Waals surface area (Å²) >= 11 is 0. The number of carbonyl (C=O) groups is 1. The second kappa shape index (κ2) is 9.80. The summed E-state index contributed by atoms with van der Waals surface area (Å²) in [6, 6.07) is 8.46. The lowest BCUT2D eigenvalue weighted by Crippen LogP contribution is -2.54. The van der Waals surface area contributed by atoms with Gasteiger partial charge in [0, 0.05) is 49.1 Å². The molecule has 36 heavy (non-hydrogen) atoms. The van der Waals surface area contributed by atoms with Crippen molar-refractivity contribution in [3.8, 4) is 22.6 Å². The van der Waals surface area contributed by atoms with Gasteiger partial charge in [-0.15, -0.1) is 0 Å². The van der Waals surface area contributed by atoms with Gasteiger partial charge in [0.05, 0.1) is 37.2 Å². The van der Waals surface area contributed by atoms with Crippen LogP contribution < -0.4 is 9.64 Å². The van der Waals surface area contributed by atoms with Gasteiger partial charge in [0.15, 0.2) is 5.65 Å². The Kier molecular flexibility index (Phi) is 6.41. The number of benzene rings is 1. The van der Waals surface area contributed by atoms with Crippen LogP contribution >= 0.6 is 0 Å². The molecule has 0 N–H and O–H groups in total. The van der Waals surface area contributed by atoms with Gasteiger partial charge >= 0.3 is 6.09 Å². The number of fused-ring (bicyclic) bond motifs is 1. The Morgan fingerprint density at radius 1 is 1.17 bits per heavy atom. The van der Waals surface area contributed by atoms with E-state index in [0.29, 0.717) is 54.6 Å². The first-order chi connectivity index (χ1) is 17.5. The molecule has 3 aromatic heterocycles. The first-order valence-corrected chi connectivity index (χ1v) is 11.8. The lowest BCUT2D eigenvalue weighted by Gasteiger charge is -2.40. The zero-order valence-corrected chi connectivity index (χ0v) is 20.4. The van der Waals surface area contributed by atoms with E-state index in [1.807, 2.05) is 23.8 Å². The number of pyridine rings is 1. The van der Waals surface area contributed by atoms with Gasteiger partial charge in [-0.1, -0.05) is 18.2 Å². The maximum Gasteiger partial charge on any atom is 0.409 e. The minimum absolute atomic E-state index is 0.0448. The summed E-state index contributed by atoms with van der Waals surface area (Å²) in [5, 5.41) is 0.724. The SMILES string of the molecule is CCOC(=O)N1CCN(c2ncnc3c2c(-c2ccccc2F)cn3-c2cncc(OC)c2)[C@@H](C)C1. The number of aromatic nitrogens is 4. The average Bonchev–Trinajstić information content (AvgIpc) is 3.29. The highest BCUT2D eigenvalue weighted by molar-refractivity contribution is 6.02. The third kappa shape index (κ3) is 4.19. The number of hydrogen-bond acceptors (Lipinski definition) is 7. The number of rotatable bonds is 5. The maximum absolute atomic E-state index is 15.0. The molecule has 9 nitrogen and oxygen atoms in total. The molecule has 10 heteroatoms. The second-order valence-corrected chi connectivity index (χ2v) is 8.56. The van der Waals surface area contributed by atoms with Gasteiger partial charge in [-0.25, -0.2) is 19.2 Å². The topological polar surface area (TPSA) is 85.6 Å². The smallest absolute Gasteiger partial charge is 0.409 e. The van der Waals surface area contributed by atoms with E-state index in [-0.39, 0.29) is 18.0 Å². The largest absolute Gasteiger partial charge is 0.495 e. The molecule has 1 aromatic carbocycles. The van der Waals surface area contributed by atoms with Crippen LogP contribution in [0.5, 0.6) is 5.75 Å². The summed E-state index contributed by atoms with van der Waals surface area (Å²) in [7, 11) is 1.58. The molecule has 0 saturated carbocycles. The zero-order valence-electron chi connectivity index (χ0n) is 20.4. The van der Waals surface area contributed by atoms with Gasteiger partial charge < -0.3 is 19.3 Å². The van der Waals surface area contributed by atoms with Crippen molar-refractivity contribution in [2.24, 2.45) is 0 Å². The van der Waals surface area contributed by atoms with E-state index in [2.05, 4.69) is 19.9 Å². The molecule has 0 radical (unpaired) electrons. The Hall–Kier alpha value is -4.21. The summed E-state index contributed by atoms with van der Waals surface area (Å²) in [4.78, 5) is 29.6. The van der Waals surface area contributed by atoms with Crippen LogP contribution in [0, 0.1) is 5.82 Å². The minimum Gasteiger partial charge on any atom is -0.495 e. The number of amides is 1. The number of halogens is 1. The maximum atomic E-state index is 15.0. The summed E-state index contributed by atoms with van der Waals surface area (Å²) < 4.78 is 27.5. The molecule has 1 fully saturated rings. The highest BCUT2D eigenvalue weighted by Crippen LogP contribution is 2.38. The van der Waals surface area contributed by atoms with E-state index in [0.717, 1.165) is 11.1 Å². The van der Waals surface area contributed by atoms with Crippen LogP contribution in [0.15, 0.2) is 55.2 Å². The molecule has 1 saturated heterocycles. The predicted octanol–water partition coefficient (Wildman–Crippen LogP) is 4.30. The van der Waals surface area contributed by atoms with Crippen molar-refractivity contribution in [1.82, 2.24) is 24.4 Å². The molecular formula is C26H27FN6O3. The lowest BCUT2D eigenvalue weighted by atomic mass is 10.0. The van der Waals surface area contributed by atoms with Gasteiger partial charge in [-0.2, -0.15) is 0 Å². The second-order valence-electron chi connectivity index (χ2n) is 8.56. The van der Waals surface area contributed by atoms with Gasteiger partial charge in [-0.05, 0) is 19.9 Å². The van der Waals surface area contributed by atoms with E-state index in [4.69, 9.17) is 9.47 Å². The molecule has 1 atom stereocenters. The molecule has 1 aliphatic rings. The number of carbonyl (C=O) groups excluding carboxylic acids is 1. The first kappa shape index (κ1) is 23.5. The Labute approximate surface area is 208 Å². The van der Waals surface area contributed by atoms with Crippen LogP contribution in [-0.4, -0.2) is 69.9 Å². The van der Waals surface area contributed by atoms with Crippen molar-refractivity contribution < 1.29 is 18.7 Å². The number of piperazine rings is 1. The average molecular weight is 491 g/mol. The van der Waals surface area contributed by atoms with E-state index < -0.39 is 0 Å². The standard InChI is InChI=1S/C26H27FN6O3/c1-4-36-26(34)31-9-10-32(17(2)14-31)24-23-21(20-7-5-6-8-22(20)27)15-33(25(23)30-16-29-24)18-11-19(35-3)13-28-12-18/h5-8,11-13,15-17H,4,9-10,14H2,1-3H3/t17-/m0/s1. The van der Waals surface area contributed by atoms with Crippen LogP contribution in [0.4, 0.5) is 15.0 Å². The Morgan fingerprint density at radius 2 is 2.00 bits per heavy atom. The van der Waals surface area contributed by atoms with Gasteiger partial charge in [0.2, 0.25) is 0 Å². The normalized spacial score (nSPS) is 15.8. The summed E-state index contributed by atoms with van der Waals surface area (Å²) in [5.74, 6) is 0.943. The third-order valence-electron chi connectivity index (χ3n) is 6.37. The van der Waals surface area contributed by atoms with Crippen molar-refractivity contribution in [1.29, 1.82) is 0 Å². The molecule has 4 aromatic rings. The lowest BCUT2D eigenvalue weighted by molar-refractivity contribution is 0.100. The first-order valence-electron chi connectivity index (χ1n) is 11.8. The number of anilines is 1. The molecular weight excluding hydrogens is 463 g/mol. The zero-order chi connectivity index (χ0) is 25.2. The van der Waals surface area contributed by atoms with Crippen molar-refractivity contribution in [2.45, 2.75) is 19.9 Å². The molecule has 5 rings (SSSR count). The van der Waals surface area contributed by atoms with Crippen molar-refractivity contribution in [3.05, 3.63) is 61.1 Å². The molecule has 1 aliphatic heterocycles. The Morgan fingerprint density at radius 3 is 2.75 bits per heavy atom. The fourth-order valence-electron chi connectivity index (χ4n) is 4.65.